The second-order valence-corrected chi connectivity index (χ2v) is 5.07. The molecule has 0 saturated heterocycles. The third-order valence-corrected chi connectivity index (χ3v) is 2.65. The average molecular weight is 257 g/mol. The lowest BCUT2D eigenvalue weighted by Crippen LogP contribution is -2.34. The third kappa shape index (κ3) is 8.98. The van der Waals surface area contributed by atoms with Gasteiger partial charge in [0.2, 0.25) is 11.8 Å². The number of amides is 2. The van der Waals surface area contributed by atoms with Gasteiger partial charge in [0.05, 0.1) is 0 Å². The van der Waals surface area contributed by atoms with Crippen molar-refractivity contribution >= 4 is 11.8 Å². The summed E-state index contributed by atoms with van der Waals surface area (Å²) < 4.78 is 0. The fourth-order valence-electron chi connectivity index (χ4n) is 1.43. The molecule has 2 amide bonds. The van der Waals surface area contributed by atoms with Crippen molar-refractivity contribution in [1.29, 1.82) is 0 Å². The molecule has 0 aliphatic carbocycles. The van der Waals surface area contributed by atoms with Crippen LogP contribution in [0.1, 0.15) is 40.0 Å². The molecule has 5 nitrogen and oxygen atoms in total. The van der Waals surface area contributed by atoms with E-state index in [2.05, 4.69) is 10.6 Å². The number of carbonyl (C=O) groups is 2. The fourth-order valence-corrected chi connectivity index (χ4v) is 1.43. The minimum atomic E-state index is -0.0349. The van der Waals surface area contributed by atoms with Gasteiger partial charge in [-0.15, -0.1) is 0 Å². The molecule has 1 atom stereocenters. The van der Waals surface area contributed by atoms with Crippen LogP contribution in [0.5, 0.6) is 0 Å². The van der Waals surface area contributed by atoms with Crippen molar-refractivity contribution in [2.45, 2.75) is 40.0 Å². The zero-order chi connectivity index (χ0) is 14.0. The van der Waals surface area contributed by atoms with E-state index in [0.29, 0.717) is 32.0 Å². The van der Waals surface area contributed by atoms with E-state index in [9.17, 15) is 9.59 Å². The molecular formula is C13H27N3O2. The molecule has 0 aromatic heterocycles. The SMILES string of the molecule is CC(C)CNC(=O)CCNC(=O)C(C)CCCN. The molecular weight excluding hydrogens is 230 g/mol. The van der Waals surface area contributed by atoms with E-state index < -0.39 is 0 Å². The highest BCUT2D eigenvalue weighted by molar-refractivity contribution is 5.80. The molecule has 0 aromatic rings. The van der Waals surface area contributed by atoms with Crippen molar-refractivity contribution in [2.24, 2.45) is 17.6 Å². The van der Waals surface area contributed by atoms with Gasteiger partial charge in [0.1, 0.15) is 0 Å². The largest absolute Gasteiger partial charge is 0.356 e. The van der Waals surface area contributed by atoms with Crippen molar-refractivity contribution in [3.8, 4) is 0 Å². The number of carbonyl (C=O) groups excluding carboxylic acids is 2. The minimum absolute atomic E-state index is 0.000101. The zero-order valence-corrected chi connectivity index (χ0v) is 11.8. The smallest absolute Gasteiger partial charge is 0.222 e. The predicted molar refractivity (Wildman–Crippen MR) is 72.9 cm³/mol. The lowest BCUT2D eigenvalue weighted by molar-refractivity contribution is -0.125. The fraction of sp³-hybridized carbons (Fsp3) is 0.846. The summed E-state index contributed by atoms with van der Waals surface area (Å²) in [7, 11) is 0. The molecule has 0 radical (unpaired) electrons. The van der Waals surface area contributed by atoms with Gasteiger partial charge in [-0.3, -0.25) is 9.59 Å². The van der Waals surface area contributed by atoms with Crippen LogP contribution in [0, 0.1) is 11.8 Å². The number of hydrogen-bond acceptors (Lipinski definition) is 3. The molecule has 0 spiro atoms. The van der Waals surface area contributed by atoms with E-state index in [-0.39, 0.29) is 17.7 Å². The predicted octanol–water partition coefficient (Wildman–Crippen LogP) is 0.640. The summed E-state index contributed by atoms with van der Waals surface area (Å²) in [5.74, 6) is 0.394. The lowest BCUT2D eigenvalue weighted by atomic mass is 10.1. The maximum absolute atomic E-state index is 11.6. The highest BCUT2D eigenvalue weighted by atomic mass is 16.2. The standard InChI is InChI=1S/C13H27N3O2/c1-10(2)9-16-12(17)6-8-15-13(18)11(3)5-4-7-14/h10-11H,4-9,14H2,1-3H3,(H,15,18)(H,16,17). The first-order valence-corrected chi connectivity index (χ1v) is 6.71. The van der Waals surface area contributed by atoms with Gasteiger partial charge in [-0.1, -0.05) is 20.8 Å². The summed E-state index contributed by atoms with van der Waals surface area (Å²) >= 11 is 0. The highest BCUT2D eigenvalue weighted by Gasteiger charge is 2.12. The van der Waals surface area contributed by atoms with E-state index in [4.69, 9.17) is 5.73 Å². The number of hydrogen-bond donors (Lipinski definition) is 3. The van der Waals surface area contributed by atoms with Gasteiger partial charge < -0.3 is 16.4 Å². The summed E-state index contributed by atoms with van der Waals surface area (Å²) in [6, 6.07) is 0. The second kappa shape index (κ2) is 9.88. The first-order valence-electron chi connectivity index (χ1n) is 6.71. The van der Waals surface area contributed by atoms with Crippen molar-refractivity contribution in [3.05, 3.63) is 0 Å². The van der Waals surface area contributed by atoms with Crippen LogP contribution in [0.2, 0.25) is 0 Å². The second-order valence-electron chi connectivity index (χ2n) is 5.07. The van der Waals surface area contributed by atoms with Gasteiger partial charge in [0, 0.05) is 25.4 Å². The topological polar surface area (TPSA) is 84.2 Å². The summed E-state index contributed by atoms with van der Waals surface area (Å²) in [6.45, 7) is 7.65. The van der Waals surface area contributed by atoms with Crippen molar-refractivity contribution in [1.82, 2.24) is 10.6 Å². The summed E-state index contributed by atoms with van der Waals surface area (Å²) in [6.07, 6.45) is 1.98. The van der Waals surface area contributed by atoms with Gasteiger partial charge in [0.25, 0.3) is 0 Å². The molecule has 0 aliphatic rings. The van der Waals surface area contributed by atoms with Gasteiger partial charge in [0.15, 0.2) is 0 Å². The van der Waals surface area contributed by atoms with Crippen LogP contribution in [0.15, 0.2) is 0 Å². The Bertz CT molecular complexity index is 255. The summed E-state index contributed by atoms with van der Waals surface area (Å²) in [4.78, 5) is 23.0. The Hall–Kier alpha value is -1.10. The van der Waals surface area contributed by atoms with E-state index in [1.165, 1.54) is 0 Å². The third-order valence-electron chi connectivity index (χ3n) is 2.65. The average Bonchev–Trinajstić information content (AvgIpc) is 2.33. The molecule has 0 fully saturated rings. The Morgan fingerprint density at radius 2 is 1.83 bits per heavy atom. The molecule has 18 heavy (non-hydrogen) atoms. The minimum Gasteiger partial charge on any atom is -0.356 e. The maximum Gasteiger partial charge on any atom is 0.222 e. The Morgan fingerprint density at radius 1 is 1.17 bits per heavy atom. The Kier molecular flexibility index (Phi) is 9.28. The lowest BCUT2D eigenvalue weighted by Gasteiger charge is -2.12. The molecule has 0 heterocycles. The van der Waals surface area contributed by atoms with Crippen LogP contribution in [-0.4, -0.2) is 31.4 Å². The van der Waals surface area contributed by atoms with Gasteiger partial charge >= 0.3 is 0 Å². The van der Waals surface area contributed by atoms with Crippen LogP contribution in [0.25, 0.3) is 0 Å². The van der Waals surface area contributed by atoms with E-state index >= 15 is 0 Å². The van der Waals surface area contributed by atoms with Crippen molar-refractivity contribution < 1.29 is 9.59 Å². The van der Waals surface area contributed by atoms with Crippen LogP contribution in [-0.2, 0) is 9.59 Å². The molecule has 1 unspecified atom stereocenters. The molecule has 0 aromatic carbocycles. The van der Waals surface area contributed by atoms with Gasteiger partial charge in [-0.05, 0) is 25.3 Å². The molecule has 0 rings (SSSR count). The number of rotatable bonds is 9. The first-order chi connectivity index (χ1) is 8.47. The van der Waals surface area contributed by atoms with Crippen LogP contribution in [0.3, 0.4) is 0 Å². The van der Waals surface area contributed by atoms with E-state index in [0.717, 1.165) is 12.8 Å². The Morgan fingerprint density at radius 3 is 2.39 bits per heavy atom. The zero-order valence-electron chi connectivity index (χ0n) is 11.8. The molecule has 5 heteroatoms. The van der Waals surface area contributed by atoms with Crippen LogP contribution in [0.4, 0.5) is 0 Å². The number of nitrogens with one attached hydrogen (secondary N) is 2. The Labute approximate surface area is 110 Å². The molecule has 0 bridgehead atoms. The van der Waals surface area contributed by atoms with Crippen LogP contribution < -0.4 is 16.4 Å². The molecule has 106 valence electrons. The van der Waals surface area contributed by atoms with Crippen LogP contribution >= 0.6 is 0 Å². The monoisotopic (exact) mass is 257 g/mol. The molecule has 4 N–H and O–H groups in total. The quantitative estimate of drug-likeness (QED) is 0.567. The number of nitrogens with two attached hydrogens (primary N) is 1. The van der Waals surface area contributed by atoms with Crippen molar-refractivity contribution in [2.75, 3.05) is 19.6 Å². The summed E-state index contributed by atoms with van der Waals surface area (Å²) in [5, 5.41) is 5.58. The van der Waals surface area contributed by atoms with Crippen molar-refractivity contribution in [3.63, 3.8) is 0 Å². The van der Waals surface area contributed by atoms with E-state index in [1.54, 1.807) is 0 Å². The Balaban J connectivity index is 3.64. The normalized spacial score (nSPS) is 12.3. The molecule has 0 aliphatic heterocycles. The van der Waals surface area contributed by atoms with Gasteiger partial charge in [-0.2, -0.15) is 0 Å². The highest BCUT2D eigenvalue weighted by Crippen LogP contribution is 2.04. The summed E-state index contributed by atoms with van der Waals surface area (Å²) in [5.41, 5.74) is 5.39. The maximum atomic E-state index is 11.6. The van der Waals surface area contributed by atoms with E-state index in [1.807, 2.05) is 20.8 Å². The first kappa shape index (κ1) is 16.9. The van der Waals surface area contributed by atoms with Gasteiger partial charge in [-0.25, -0.2) is 0 Å². The molecule has 0 saturated carbocycles.